The van der Waals surface area contributed by atoms with Crippen LogP contribution in [0.2, 0.25) is 0 Å². The van der Waals surface area contributed by atoms with E-state index in [1.54, 1.807) is 19.1 Å². The number of hydrogen-bond acceptors (Lipinski definition) is 4. The molecule has 0 fully saturated rings. The minimum atomic E-state index is -1.02. The maximum absolute atomic E-state index is 11.2. The van der Waals surface area contributed by atoms with Crippen LogP contribution in [0.1, 0.15) is 6.92 Å². The van der Waals surface area contributed by atoms with Crippen molar-refractivity contribution in [3.05, 3.63) is 24.3 Å². The zero-order valence-electron chi connectivity index (χ0n) is 9.27. The van der Waals surface area contributed by atoms with Crippen LogP contribution in [0, 0.1) is 0 Å². The second kappa shape index (κ2) is 5.23. The molecule has 5 heteroatoms. The van der Waals surface area contributed by atoms with E-state index in [0.29, 0.717) is 5.69 Å². The van der Waals surface area contributed by atoms with Gasteiger partial charge in [-0.25, -0.2) is 0 Å². The van der Waals surface area contributed by atoms with Crippen LogP contribution in [0.25, 0.3) is 0 Å². The number of carboxylic acid groups (broad SMARTS) is 1. The molecular weight excluding hydrogens is 226 g/mol. The zero-order valence-corrected chi connectivity index (χ0v) is 10.1. The Morgan fingerprint density at radius 1 is 1.56 bits per heavy atom. The number of ether oxygens (including phenoxy) is 1. The maximum atomic E-state index is 11.2. The third-order valence-electron chi connectivity index (χ3n) is 2.13. The Morgan fingerprint density at radius 2 is 2.19 bits per heavy atom. The van der Waals surface area contributed by atoms with E-state index in [1.165, 1.54) is 18.9 Å². The summed E-state index contributed by atoms with van der Waals surface area (Å²) in [7, 11) is 1.48. The molecule has 0 aliphatic heterocycles. The predicted octanol–water partition coefficient (Wildman–Crippen LogP) is 1.85. The molecular formula is C11H15NO3S. The van der Waals surface area contributed by atoms with Gasteiger partial charge < -0.3 is 15.6 Å². The summed E-state index contributed by atoms with van der Waals surface area (Å²) < 4.78 is 3.91. The van der Waals surface area contributed by atoms with Gasteiger partial charge in [0.25, 0.3) is 0 Å². The second-order valence-electron chi connectivity index (χ2n) is 3.61. The quantitative estimate of drug-likeness (QED) is 0.608. The molecule has 16 heavy (non-hydrogen) atoms. The fourth-order valence-corrected chi connectivity index (χ4v) is 2.31. The second-order valence-corrected chi connectivity index (χ2v) is 5.15. The number of anilines is 1. The van der Waals surface area contributed by atoms with Gasteiger partial charge in [0.05, 0.1) is 6.61 Å². The third kappa shape index (κ3) is 2.90. The van der Waals surface area contributed by atoms with E-state index in [-0.39, 0.29) is 6.61 Å². The topological polar surface area (TPSA) is 72.5 Å². The first kappa shape index (κ1) is 12.9. The van der Waals surface area contributed by atoms with Crippen LogP contribution in [-0.4, -0.2) is 29.5 Å². The van der Waals surface area contributed by atoms with Crippen molar-refractivity contribution in [1.82, 2.24) is 0 Å². The van der Waals surface area contributed by atoms with Crippen LogP contribution >= 0.6 is 11.8 Å². The van der Waals surface area contributed by atoms with Crippen LogP contribution < -0.4 is 5.73 Å². The summed E-state index contributed by atoms with van der Waals surface area (Å²) in [4.78, 5) is 11.9. The molecule has 1 aromatic carbocycles. The number of rotatable bonds is 5. The molecule has 0 aliphatic rings. The highest BCUT2D eigenvalue weighted by Gasteiger charge is 2.35. The van der Waals surface area contributed by atoms with Crippen molar-refractivity contribution in [2.45, 2.75) is 16.6 Å². The molecule has 0 radical (unpaired) electrons. The van der Waals surface area contributed by atoms with E-state index in [9.17, 15) is 9.90 Å². The highest BCUT2D eigenvalue weighted by Crippen LogP contribution is 2.36. The van der Waals surface area contributed by atoms with Crippen molar-refractivity contribution in [3.63, 3.8) is 0 Å². The molecule has 88 valence electrons. The van der Waals surface area contributed by atoms with Gasteiger partial charge in [-0.2, -0.15) is 0 Å². The van der Waals surface area contributed by atoms with Gasteiger partial charge in [-0.1, -0.05) is 12.1 Å². The van der Waals surface area contributed by atoms with Crippen molar-refractivity contribution in [1.29, 1.82) is 0 Å². The van der Waals surface area contributed by atoms with E-state index in [2.05, 4.69) is 0 Å². The number of carbonyl (C=O) groups is 1. The highest BCUT2D eigenvalue weighted by molar-refractivity contribution is 8.01. The number of methoxy groups -OCH3 is 1. The van der Waals surface area contributed by atoms with Gasteiger partial charge in [0.1, 0.15) is 4.75 Å². The number of benzene rings is 1. The fraction of sp³-hybridized carbons (Fsp3) is 0.364. The maximum Gasteiger partial charge on any atom is 0.322 e. The number of nitrogens with two attached hydrogens (primary N) is 1. The lowest BCUT2D eigenvalue weighted by molar-refractivity contribution is -0.140. The third-order valence-corrected chi connectivity index (χ3v) is 3.46. The standard InChI is InChI=1S/C11H15NO3S/c1-11(7-15-2,10(13)14)16-9-6-4-3-5-8(9)12/h3-6H,7,12H2,1-2H3,(H,13,14). The van der Waals surface area contributed by atoms with Gasteiger partial charge in [0.15, 0.2) is 0 Å². The number of nitrogen functional groups attached to an aromatic ring is 1. The van der Waals surface area contributed by atoms with Crippen molar-refractivity contribution < 1.29 is 14.6 Å². The van der Waals surface area contributed by atoms with Crippen molar-refractivity contribution >= 4 is 23.4 Å². The summed E-state index contributed by atoms with van der Waals surface area (Å²) in [6.07, 6.45) is 0. The summed E-state index contributed by atoms with van der Waals surface area (Å²) in [5.41, 5.74) is 6.35. The Morgan fingerprint density at radius 3 is 2.69 bits per heavy atom. The van der Waals surface area contributed by atoms with Gasteiger partial charge in [-0.15, -0.1) is 11.8 Å². The smallest absolute Gasteiger partial charge is 0.322 e. The largest absolute Gasteiger partial charge is 0.480 e. The first-order valence-electron chi connectivity index (χ1n) is 4.75. The average molecular weight is 241 g/mol. The Hall–Kier alpha value is -1.20. The van der Waals surface area contributed by atoms with Gasteiger partial charge in [-0.3, -0.25) is 4.79 Å². The van der Waals surface area contributed by atoms with Gasteiger partial charge >= 0.3 is 5.97 Å². The summed E-state index contributed by atoms with van der Waals surface area (Å²) >= 11 is 1.20. The molecule has 0 aliphatic carbocycles. The zero-order chi connectivity index (χ0) is 12.2. The molecule has 0 saturated carbocycles. The SMILES string of the molecule is COCC(C)(Sc1ccccc1N)C(=O)O. The number of para-hydroxylation sites is 1. The Bertz CT molecular complexity index is 383. The van der Waals surface area contributed by atoms with Crippen LogP contribution in [0.5, 0.6) is 0 Å². The van der Waals surface area contributed by atoms with Crippen LogP contribution in [-0.2, 0) is 9.53 Å². The normalized spacial score (nSPS) is 14.4. The molecule has 4 nitrogen and oxygen atoms in total. The number of carboxylic acids is 1. The predicted molar refractivity (Wildman–Crippen MR) is 64.6 cm³/mol. The summed E-state index contributed by atoms with van der Waals surface area (Å²) in [5, 5.41) is 9.17. The molecule has 0 bridgehead atoms. The molecule has 0 heterocycles. The molecule has 0 saturated heterocycles. The number of aliphatic carboxylic acids is 1. The minimum Gasteiger partial charge on any atom is -0.480 e. The van der Waals surface area contributed by atoms with Crippen LogP contribution in [0.15, 0.2) is 29.2 Å². The lowest BCUT2D eigenvalue weighted by Gasteiger charge is -2.23. The van der Waals surface area contributed by atoms with Gasteiger partial charge in [0, 0.05) is 17.7 Å². The number of hydrogen-bond donors (Lipinski definition) is 2. The molecule has 1 aromatic rings. The summed E-state index contributed by atoms with van der Waals surface area (Å²) in [6, 6.07) is 7.19. The monoisotopic (exact) mass is 241 g/mol. The van der Waals surface area contributed by atoms with Crippen LogP contribution in [0.4, 0.5) is 5.69 Å². The molecule has 1 atom stereocenters. The summed E-state index contributed by atoms with van der Waals surface area (Å²) in [6.45, 7) is 1.75. The van der Waals surface area contributed by atoms with Crippen molar-refractivity contribution in [3.8, 4) is 0 Å². The average Bonchev–Trinajstić information content (AvgIpc) is 2.21. The lowest BCUT2D eigenvalue weighted by Crippen LogP contribution is -2.36. The molecule has 0 aromatic heterocycles. The summed E-state index contributed by atoms with van der Waals surface area (Å²) in [5.74, 6) is -0.914. The van der Waals surface area contributed by atoms with Crippen molar-refractivity contribution in [2.75, 3.05) is 19.5 Å². The van der Waals surface area contributed by atoms with E-state index in [4.69, 9.17) is 10.5 Å². The van der Waals surface area contributed by atoms with Gasteiger partial charge in [-0.05, 0) is 19.1 Å². The minimum absolute atomic E-state index is 0.126. The van der Waals surface area contributed by atoms with E-state index >= 15 is 0 Å². The first-order valence-corrected chi connectivity index (χ1v) is 5.57. The van der Waals surface area contributed by atoms with Crippen LogP contribution in [0.3, 0.4) is 0 Å². The van der Waals surface area contributed by atoms with Gasteiger partial charge in [0.2, 0.25) is 0 Å². The first-order chi connectivity index (χ1) is 7.49. The van der Waals surface area contributed by atoms with E-state index < -0.39 is 10.7 Å². The molecule has 1 unspecified atom stereocenters. The molecule has 0 spiro atoms. The lowest BCUT2D eigenvalue weighted by atomic mass is 10.2. The fourth-order valence-electron chi connectivity index (χ4n) is 1.23. The number of thioether (sulfide) groups is 1. The molecule has 3 N–H and O–H groups in total. The molecule has 1 rings (SSSR count). The van der Waals surface area contributed by atoms with Crippen molar-refractivity contribution in [2.24, 2.45) is 0 Å². The van der Waals surface area contributed by atoms with E-state index in [1.807, 2.05) is 12.1 Å². The Balaban J connectivity index is 2.92. The molecule has 0 amide bonds. The Kier molecular flexibility index (Phi) is 4.20. The Labute approximate surface area is 98.8 Å². The highest BCUT2D eigenvalue weighted by atomic mass is 32.2. The van der Waals surface area contributed by atoms with E-state index in [0.717, 1.165) is 4.90 Å².